The number of halogens is 2. The van der Waals surface area contributed by atoms with Crippen LogP contribution in [0.25, 0.3) is 0 Å². The van der Waals surface area contributed by atoms with Crippen molar-refractivity contribution in [3.8, 4) is 0 Å². The van der Waals surface area contributed by atoms with Gasteiger partial charge in [-0.3, -0.25) is 0 Å². The van der Waals surface area contributed by atoms with E-state index in [1.807, 2.05) is 18.2 Å². The van der Waals surface area contributed by atoms with Crippen molar-refractivity contribution < 1.29 is 0 Å². The van der Waals surface area contributed by atoms with Gasteiger partial charge < -0.3 is 4.90 Å². The Balaban J connectivity index is 0.00000196. The molecule has 0 aliphatic heterocycles. The van der Waals surface area contributed by atoms with E-state index >= 15 is 0 Å². The van der Waals surface area contributed by atoms with Crippen molar-refractivity contribution >= 4 is 24.0 Å². The van der Waals surface area contributed by atoms with Gasteiger partial charge in [0.2, 0.25) is 0 Å². The SMILES string of the molecule is CCN(CC)CCc1cccc(Cl)c1.Cl. The number of likely N-dealkylation sites (N-methyl/N-ethyl adjacent to an activating group) is 1. The molecule has 1 aromatic rings. The smallest absolute Gasteiger partial charge is 0.0408 e. The first-order valence-corrected chi connectivity index (χ1v) is 5.60. The van der Waals surface area contributed by atoms with Gasteiger partial charge in [-0.25, -0.2) is 0 Å². The highest BCUT2D eigenvalue weighted by atomic mass is 35.5. The quantitative estimate of drug-likeness (QED) is 0.768. The monoisotopic (exact) mass is 247 g/mol. The highest BCUT2D eigenvalue weighted by Crippen LogP contribution is 2.11. The van der Waals surface area contributed by atoms with Crippen molar-refractivity contribution in [1.82, 2.24) is 4.90 Å². The molecule has 0 atom stereocenters. The van der Waals surface area contributed by atoms with Crippen LogP contribution in [0.3, 0.4) is 0 Å². The van der Waals surface area contributed by atoms with Gasteiger partial charge in [-0.2, -0.15) is 0 Å². The number of hydrogen-bond acceptors (Lipinski definition) is 1. The van der Waals surface area contributed by atoms with Gasteiger partial charge >= 0.3 is 0 Å². The largest absolute Gasteiger partial charge is 0.304 e. The maximum atomic E-state index is 5.91. The molecule has 0 unspecified atom stereocenters. The molecule has 1 aromatic carbocycles. The minimum atomic E-state index is 0. The Labute approximate surface area is 104 Å². The molecule has 3 heteroatoms. The topological polar surface area (TPSA) is 3.24 Å². The van der Waals surface area contributed by atoms with Crippen molar-refractivity contribution in [3.63, 3.8) is 0 Å². The molecule has 0 saturated heterocycles. The number of benzene rings is 1. The van der Waals surface area contributed by atoms with Gasteiger partial charge in [0.15, 0.2) is 0 Å². The van der Waals surface area contributed by atoms with Crippen molar-refractivity contribution in [2.24, 2.45) is 0 Å². The summed E-state index contributed by atoms with van der Waals surface area (Å²) in [6.45, 7) is 7.75. The molecule has 0 radical (unpaired) electrons. The van der Waals surface area contributed by atoms with E-state index < -0.39 is 0 Å². The van der Waals surface area contributed by atoms with Crippen LogP contribution < -0.4 is 0 Å². The fourth-order valence-electron chi connectivity index (χ4n) is 1.52. The summed E-state index contributed by atoms with van der Waals surface area (Å²) in [4.78, 5) is 2.42. The third-order valence-corrected chi connectivity index (χ3v) is 2.74. The molecule has 0 fully saturated rings. The second-order valence-corrected chi connectivity index (χ2v) is 3.84. The van der Waals surface area contributed by atoms with Crippen molar-refractivity contribution in [1.29, 1.82) is 0 Å². The van der Waals surface area contributed by atoms with Crippen molar-refractivity contribution in [2.45, 2.75) is 20.3 Å². The Morgan fingerprint density at radius 1 is 1.20 bits per heavy atom. The highest BCUT2D eigenvalue weighted by Gasteiger charge is 1.99. The summed E-state index contributed by atoms with van der Waals surface area (Å²) in [5.74, 6) is 0. The van der Waals surface area contributed by atoms with Gasteiger partial charge in [0, 0.05) is 11.6 Å². The maximum absolute atomic E-state index is 5.91. The van der Waals surface area contributed by atoms with Gasteiger partial charge in [0.05, 0.1) is 0 Å². The molecule has 15 heavy (non-hydrogen) atoms. The van der Waals surface area contributed by atoms with Crippen molar-refractivity contribution in [2.75, 3.05) is 19.6 Å². The Bertz CT molecular complexity index is 272. The predicted molar refractivity (Wildman–Crippen MR) is 70.2 cm³/mol. The predicted octanol–water partition coefficient (Wildman–Crippen LogP) is 3.65. The van der Waals surface area contributed by atoms with Crippen LogP contribution in [-0.4, -0.2) is 24.5 Å². The third-order valence-electron chi connectivity index (χ3n) is 2.50. The van der Waals surface area contributed by atoms with E-state index in [1.165, 1.54) is 5.56 Å². The van der Waals surface area contributed by atoms with Crippen LogP contribution in [0.2, 0.25) is 5.02 Å². The minimum Gasteiger partial charge on any atom is -0.304 e. The molecule has 0 aromatic heterocycles. The molecule has 1 nitrogen and oxygen atoms in total. The Kier molecular flexibility index (Phi) is 7.85. The first-order chi connectivity index (χ1) is 6.76. The summed E-state index contributed by atoms with van der Waals surface area (Å²) in [7, 11) is 0. The molecular weight excluding hydrogens is 229 g/mol. The molecule has 0 aliphatic rings. The summed E-state index contributed by atoms with van der Waals surface area (Å²) >= 11 is 5.91. The molecule has 0 bridgehead atoms. The summed E-state index contributed by atoms with van der Waals surface area (Å²) in [6, 6.07) is 8.11. The van der Waals surface area contributed by atoms with Crippen molar-refractivity contribution in [3.05, 3.63) is 34.9 Å². The summed E-state index contributed by atoms with van der Waals surface area (Å²) in [5.41, 5.74) is 1.32. The first kappa shape index (κ1) is 14.8. The second kappa shape index (κ2) is 7.98. The molecule has 0 saturated carbocycles. The molecule has 0 N–H and O–H groups in total. The van der Waals surface area contributed by atoms with E-state index in [4.69, 9.17) is 11.6 Å². The van der Waals surface area contributed by atoms with Gasteiger partial charge in [-0.05, 0) is 37.2 Å². The first-order valence-electron chi connectivity index (χ1n) is 5.23. The normalized spacial score (nSPS) is 10.1. The lowest BCUT2D eigenvalue weighted by molar-refractivity contribution is 0.308. The summed E-state index contributed by atoms with van der Waals surface area (Å²) < 4.78 is 0. The van der Waals surface area contributed by atoms with E-state index in [1.54, 1.807) is 0 Å². The average molecular weight is 248 g/mol. The van der Waals surface area contributed by atoms with Crippen LogP contribution in [0.1, 0.15) is 19.4 Å². The standard InChI is InChI=1S/C12H18ClN.ClH/c1-3-14(4-2)9-8-11-6-5-7-12(13)10-11;/h5-7,10H,3-4,8-9H2,1-2H3;1H. The van der Waals surface area contributed by atoms with Gasteiger partial charge in [0.25, 0.3) is 0 Å². The lowest BCUT2D eigenvalue weighted by Crippen LogP contribution is -2.25. The highest BCUT2D eigenvalue weighted by molar-refractivity contribution is 6.30. The summed E-state index contributed by atoms with van der Waals surface area (Å²) in [6.07, 6.45) is 1.09. The Morgan fingerprint density at radius 2 is 1.87 bits per heavy atom. The van der Waals surface area contributed by atoms with Gasteiger partial charge in [0.1, 0.15) is 0 Å². The number of hydrogen-bond donors (Lipinski definition) is 0. The molecule has 0 amide bonds. The zero-order valence-corrected chi connectivity index (χ0v) is 10.9. The van der Waals surface area contributed by atoms with Crippen LogP contribution in [0.5, 0.6) is 0 Å². The summed E-state index contributed by atoms with van der Waals surface area (Å²) in [5, 5.41) is 0.835. The molecule has 86 valence electrons. The fourth-order valence-corrected chi connectivity index (χ4v) is 1.73. The zero-order valence-electron chi connectivity index (χ0n) is 9.37. The molecule has 0 heterocycles. The van der Waals surface area contributed by atoms with Crippen LogP contribution in [0.15, 0.2) is 24.3 Å². The minimum absolute atomic E-state index is 0. The van der Waals surface area contributed by atoms with E-state index in [0.717, 1.165) is 31.1 Å². The Hall–Kier alpha value is -0.240. The Morgan fingerprint density at radius 3 is 2.40 bits per heavy atom. The maximum Gasteiger partial charge on any atom is 0.0408 e. The van der Waals surface area contributed by atoms with E-state index in [0.29, 0.717) is 0 Å². The molecule has 1 rings (SSSR count). The number of rotatable bonds is 5. The van der Waals surface area contributed by atoms with Gasteiger partial charge in [-0.15, -0.1) is 12.4 Å². The lowest BCUT2D eigenvalue weighted by Gasteiger charge is -2.17. The average Bonchev–Trinajstić information content (AvgIpc) is 2.19. The van der Waals surface area contributed by atoms with E-state index in [-0.39, 0.29) is 12.4 Å². The van der Waals surface area contributed by atoms with Crippen LogP contribution in [0, 0.1) is 0 Å². The van der Waals surface area contributed by atoms with Gasteiger partial charge in [-0.1, -0.05) is 37.6 Å². The van der Waals surface area contributed by atoms with E-state index in [9.17, 15) is 0 Å². The molecular formula is C12H19Cl2N. The molecule has 0 spiro atoms. The van der Waals surface area contributed by atoms with Crippen LogP contribution in [0.4, 0.5) is 0 Å². The lowest BCUT2D eigenvalue weighted by atomic mass is 10.1. The molecule has 0 aliphatic carbocycles. The van der Waals surface area contributed by atoms with Crippen LogP contribution >= 0.6 is 24.0 Å². The fraction of sp³-hybridized carbons (Fsp3) is 0.500. The number of nitrogens with zero attached hydrogens (tertiary/aromatic N) is 1. The zero-order chi connectivity index (χ0) is 10.4. The third kappa shape index (κ3) is 5.41. The van der Waals surface area contributed by atoms with Crippen LogP contribution in [-0.2, 0) is 6.42 Å². The second-order valence-electron chi connectivity index (χ2n) is 3.41. The van der Waals surface area contributed by atoms with E-state index in [2.05, 4.69) is 24.8 Å².